The molecule has 2 saturated heterocycles. The molecular weight excluding hydrogens is 419 g/mol. The molecule has 2 aliphatic heterocycles. The maximum Gasteiger partial charge on any atom is 0.490 e. The third-order valence-electron chi connectivity index (χ3n) is 5.89. The Hall–Kier alpha value is -2.69. The predicted molar refractivity (Wildman–Crippen MR) is 101 cm³/mol. The molecule has 0 spiro atoms. The van der Waals surface area contributed by atoms with Gasteiger partial charge in [-0.05, 0) is 24.5 Å². The Labute approximate surface area is 176 Å². The Morgan fingerprint density at radius 2 is 1.87 bits per heavy atom. The van der Waals surface area contributed by atoms with Crippen molar-refractivity contribution in [3.63, 3.8) is 0 Å². The van der Waals surface area contributed by atoms with Gasteiger partial charge >= 0.3 is 12.1 Å². The zero-order valence-corrected chi connectivity index (χ0v) is 16.8. The molecule has 0 bridgehead atoms. The number of likely N-dealkylation sites (tertiary alicyclic amines) is 1. The Balaban J connectivity index is 0.000000339. The number of halogens is 3. The molecule has 31 heavy (non-hydrogen) atoms. The van der Waals surface area contributed by atoms with Gasteiger partial charge in [-0.25, -0.2) is 4.79 Å². The van der Waals surface area contributed by atoms with Gasteiger partial charge in [0.05, 0.1) is 12.7 Å². The highest BCUT2D eigenvalue weighted by Gasteiger charge is 2.49. The number of aliphatic carboxylic acids is 1. The molecule has 1 aromatic rings. The van der Waals surface area contributed by atoms with Gasteiger partial charge in [-0.2, -0.15) is 13.2 Å². The molecule has 0 radical (unpaired) electrons. The third kappa shape index (κ3) is 5.72. The van der Waals surface area contributed by atoms with Gasteiger partial charge in [0.25, 0.3) is 5.91 Å². The largest absolute Gasteiger partial charge is 0.490 e. The van der Waals surface area contributed by atoms with Crippen LogP contribution in [0.25, 0.3) is 0 Å². The number of carbonyl (C=O) groups is 3. The molecule has 2 N–H and O–H groups in total. The van der Waals surface area contributed by atoms with E-state index in [1.807, 2.05) is 4.90 Å². The molecule has 1 aliphatic carbocycles. The van der Waals surface area contributed by atoms with E-state index in [2.05, 4.69) is 17.2 Å². The summed E-state index contributed by atoms with van der Waals surface area (Å²) in [5, 5.41) is 10.1. The fourth-order valence-electron chi connectivity index (χ4n) is 3.92. The summed E-state index contributed by atoms with van der Waals surface area (Å²) >= 11 is 0. The van der Waals surface area contributed by atoms with Crippen LogP contribution in [0.1, 0.15) is 23.7 Å². The first-order chi connectivity index (χ1) is 14.6. The summed E-state index contributed by atoms with van der Waals surface area (Å²) in [5.41, 5.74) is 0.617. The van der Waals surface area contributed by atoms with Gasteiger partial charge in [0.15, 0.2) is 0 Å². The summed E-state index contributed by atoms with van der Waals surface area (Å²) in [4.78, 5) is 39.3. The highest BCUT2D eigenvalue weighted by molar-refractivity contribution is 5.93. The van der Waals surface area contributed by atoms with Gasteiger partial charge in [-0.3, -0.25) is 14.6 Å². The number of carboxylic acids is 1. The maximum absolute atomic E-state index is 12.4. The second-order valence-corrected chi connectivity index (χ2v) is 8.11. The monoisotopic (exact) mass is 443 g/mol. The molecule has 2 amide bonds. The number of ether oxygens (including phenoxy) is 1. The predicted octanol–water partition coefficient (Wildman–Crippen LogP) is 1.57. The van der Waals surface area contributed by atoms with Crippen molar-refractivity contribution < 1.29 is 37.4 Å². The van der Waals surface area contributed by atoms with Crippen molar-refractivity contribution in [3.8, 4) is 0 Å². The van der Waals surface area contributed by atoms with E-state index in [9.17, 15) is 22.8 Å². The first-order valence-electron chi connectivity index (χ1n) is 9.96. The number of fused-ring (bicyclic) bond motifs is 1. The minimum absolute atomic E-state index is 0.0846. The highest BCUT2D eigenvalue weighted by atomic mass is 19.4. The summed E-state index contributed by atoms with van der Waals surface area (Å²) in [5.74, 6) is -1.18. The van der Waals surface area contributed by atoms with Crippen LogP contribution in [-0.4, -0.2) is 71.3 Å². The minimum atomic E-state index is -5.08. The topological polar surface area (TPSA) is 109 Å². The van der Waals surface area contributed by atoms with Gasteiger partial charge in [0.1, 0.15) is 0 Å². The Morgan fingerprint density at radius 3 is 2.42 bits per heavy atom. The summed E-state index contributed by atoms with van der Waals surface area (Å²) < 4.78 is 37.6. The molecule has 170 valence electrons. The van der Waals surface area contributed by atoms with Crippen molar-refractivity contribution >= 4 is 17.8 Å². The number of alkyl halides is 3. The lowest BCUT2D eigenvalue weighted by Crippen LogP contribution is -2.36. The number of nitrogens with zero attached hydrogens (tertiary/aromatic N) is 2. The van der Waals surface area contributed by atoms with E-state index in [0.29, 0.717) is 43.0 Å². The second kappa shape index (κ2) is 9.21. The van der Waals surface area contributed by atoms with E-state index in [4.69, 9.17) is 14.6 Å². The molecule has 3 heterocycles. The van der Waals surface area contributed by atoms with E-state index in [-0.39, 0.29) is 23.8 Å². The fraction of sp³-hybridized carbons (Fsp3) is 0.600. The summed E-state index contributed by atoms with van der Waals surface area (Å²) in [7, 11) is 0. The molecule has 1 saturated carbocycles. The van der Waals surface area contributed by atoms with Crippen molar-refractivity contribution in [1.29, 1.82) is 0 Å². The van der Waals surface area contributed by atoms with Crippen molar-refractivity contribution in [2.45, 2.75) is 25.6 Å². The van der Waals surface area contributed by atoms with Gasteiger partial charge in [0, 0.05) is 55.3 Å². The zero-order chi connectivity index (χ0) is 22.8. The molecule has 0 aromatic carbocycles. The molecule has 4 rings (SSSR count). The number of hydrogen-bond acceptors (Lipinski definition) is 5. The van der Waals surface area contributed by atoms with Gasteiger partial charge in [-0.1, -0.05) is 6.92 Å². The van der Waals surface area contributed by atoms with Crippen LogP contribution in [0.5, 0.6) is 0 Å². The number of nitrogens with one attached hydrogen (secondary N) is 1. The lowest BCUT2D eigenvalue weighted by atomic mass is 9.93. The number of carbonyl (C=O) groups excluding carboxylic acids is 2. The fourth-order valence-corrected chi connectivity index (χ4v) is 3.92. The molecule has 8 nitrogen and oxygen atoms in total. The normalized spacial score (nSPS) is 28.9. The summed E-state index contributed by atoms with van der Waals surface area (Å²) in [6, 6.07) is 3.41. The summed E-state index contributed by atoms with van der Waals surface area (Å²) in [6.07, 6.45) is -0.700. The molecule has 5 atom stereocenters. The molecule has 3 fully saturated rings. The SMILES string of the molecule is CC1CC1C(=O)N1C[C@@H]2[C@@H](CNC(=O)c3ccncc3)CO[C@@H]2C1.O=C(O)C(F)(F)F. The minimum Gasteiger partial charge on any atom is -0.475 e. The van der Waals surface area contributed by atoms with Crippen LogP contribution in [0.15, 0.2) is 24.5 Å². The van der Waals surface area contributed by atoms with Crippen molar-refractivity contribution in [1.82, 2.24) is 15.2 Å². The standard InChI is InChI=1S/C18H23N3O3.C2HF3O2/c1-11-6-14(11)18(23)21-8-15-13(10-24-16(15)9-21)7-20-17(22)12-2-4-19-5-3-12;3-2(4,5)1(6)7/h2-5,11,13-16H,6-10H2,1H3,(H,20,22);(H,6,7)/t11?,13-,14?,15+,16+;/m0./s1. The molecule has 2 unspecified atom stereocenters. The first-order valence-corrected chi connectivity index (χ1v) is 9.96. The highest BCUT2D eigenvalue weighted by Crippen LogP contribution is 2.41. The van der Waals surface area contributed by atoms with Crippen LogP contribution >= 0.6 is 0 Å². The quantitative estimate of drug-likeness (QED) is 0.732. The Bertz CT molecular complexity index is 820. The average molecular weight is 443 g/mol. The second-order valence-electron chi connectivity index (χ2n) is 8.11. The van der Waals surface area contributed by atoms with Crippen molar-refractivity contribution in [3.05, 3.63) is 30.1 Å². The maximum atomic E-state index is 12.4. The van der Waals surface area contributed by atoms with E-state index >= 15 is 0 Å². The number of rotatable bonds is 4. The van der Waals surface area contributed by atoms with Gasteiger partial charge in [0.2, 0.25) is 5.91 Å². The lowest BCUT2D eigenvalue weighted by molar-refractivity contribution is -0.192. The van der Waals surface area contributed by atoms with E-state index in [0.717, 1.165) is 13.0 Å². The molecular formula is C20H24F3N3O5. The number of pyridine rings is 1. The smallest absolute Gasteiger partial charge is 0.475 e. The van der Waals surface area contributed by atoms with E-state index < -0.39 is 12.1 Å². The van der Waals surface area contributed by atoms with Crippen molar-refractivity contribution in [2.24, 2.45) is 23.7 Å². The molecule has 1 aromatic heterocycles. The Kier molecular flexibility index (Phi) is 6.83. The lowest BCUT2D eigenvalue weighted by Gasteiger charge is -2.20. The van der Waals surface area contributed by atoms with Crippen LogP contribution in [0, 0.1) is 23.7 Å². The summed E-state index contributed by atoms with van der Waals surface area (Å²) in [6.45, 7) is 4.86. The van der Waals surface area contributed by atoms with Gasteiger partial charge in [-0.15, -0.1) is 0 Å². The zero-order valence-electron chi connectivity index (χ0n) is 16.8. The van der Waals surface area contributed by atoms with Crippen LogP contribution in [0.4, 0.5) is 13.2 Å². The van der Waals surface area contributed by atoms with E-state index in [1.165, 1.54) is 0 Å². The third-order valence-corrected chi connectivity index (χ3v) is 5.89. The number of hydrogen-bond donors (Lipinski definition) is 2. The number of amides is 2. The van der Waals surface area contributed by atoms with Crippen molar-refractivity contribution in [2.75, 3.05) is 26.2 Å². The van der Waals surface area contributed by atoms with Crippen LogP contribution in [0.3, 0.4) is 0 Å². The molecule has 3 aliphatic rings. The number of aromatic nitrogens is 1. The van der Waals surface area contributed by atoms with Gasteiger partial charge < -0.3 is 20.1 Å². The van der Waals surface area contributed by atoms with Crippen LogP contribution in [-0.2, 0) is 14.3 Å². The number of carboxylic acid groups (broad SMARTS) is 1. The van der Waals surface area contributed by atoms with Crippen LogP contribution < -0.4 is 5.32 Å². The molecule has 11 heteroatoms. The van der Waals surface area contributed by atoms with E-state index in [1.54, 1.807) is 24.5 Å². The Morgan fingerprint density at radius 1 is 1.26 bits per heavy atom. The van der Waals surface area contributed by atoms with Crippen LogP contribution in [0.2, 0.25) is 0 Å². The first kappa shape index (κ1) is 23.0. The average Bonchev–Trinajstić information content (AvgIpc) is 3.13.